The van der Waals surface area contributed by atoms with E-state index < -0.39 is 13.0 Å². The van der Waals surface area contributed by atoms with Crippen LogP contribution in [0.5, 0.6) is 0 Å². The summed E-state index contributed by atoms with van der Waals surface area (Å²) in [4.78, 5) is 4.17. The molecule has 0 bridgehead atoms. The Kier molecular flexibility index (Phi) is 7.50. The average Bonchev–Trinajstić information content (AvgIpc) is 2.78. The Morgan fingerprint density at radius 2 is 2.11 bits per heavy atom. The maximum absolute atomic E-state index is 11.8. The average molecular weight is 277 g/mol. The van der Waals surface area contributed by atoms with Crippen molar-refractivity contribution < 1.29 is 18.0 Å². The highest BCUT2D eigenvalue weighted by Crippen LogP contribution is 2.02. The number of ether oxygens (including phenoxy) is 1. The van der Waals surface area contributed by atoms with Crippen molar-refractivity contribution in [3.05, 3.63) is 11.7 Å². The molecule has 0 unspecified atom stereocenters. The summed E-state index contributed by atoms with van der Waals surface area (Å²) in [6.45, 7) is 4.70. The van der Waals surface area contributed by atoms with E-state index in [0.717, 1.165) is 13.0 Å². The Labute approximate surface area is 111 Å². The van der Waals surface area contributed by atoms with Gasteiger partial charge in [0.1, 0.15) is 6.61 Å². The second-order valence-electron chi connectivity index (χ2n) is 4.53. The van der Waals surface area contributed by atoms with Crippen molar-refractivity contribution in [1.82, 2.24) is 15.5 Å². The molecule has 1 aromatic rings. The maximum atomic E-state index is 11.8. The maximum Gasteiger partial charge on any atom is 0.261 e. The van der Waals surface area contributed by atoms with Gasteiger partial charge in [-0.15, -0.1) is 0 Å². The first-order chi connectivity index (χ1) is 9.08. The van der Waals surface area contributed by atoms with Crippen LogP contribution in [0.1, 0.15) is 32.0 Å². The number of hydrogen-bond acceptors (Lipinski definition) is 5. The molecule has 0 aliphatic carbocycles. The van der Waals surface area contributed by atoms with Crippen LogP contribution < -0.4 is 5.32 Å². The van der Waals surface area contributed by atoms with Crippen LogP contribution in [-0.2, 0) is 17.6 Å². The molecule has 110 valence electrons. The van der Waals surface area contributed by atoms with Crippen LogP contribution in [0.25, 0.3) is 0 Å². The van der Waals surface area contributed by atoms with Gasteiger partial charge in [-0.3, -0.25) is 0 Å². The Hall–Kier alpha value is -1.08. The number of aromatic nitrogens is 2. The molecule has 0 aromatic carbocycles. The lowest BCUT2D eigenvalue weighted by atomic mass is 10.3. The number of rotatable bonds is 10. The van der Waals surface area contributed by atoms with Gasteiger partial charge in [-0.2, -0.15) is 4.98 Å². The Morgan fingerprint density at radius 1 is 1.32 bits per heavy atom. The summed E-state index contributed by atoms with van der Waals surface area (Å²) in [5, 5.41) is 7.07. The quantitative estimate of drug-likeness (QED) is 0.661. The molecular formula is C12H21F2N3O2. The van der Waals surface area contributed by atoms with E-state index in [1.165, 1.54) is 0 Å². The van der Waals surface area contributed by atoms with E-state index in [0.29, 0.717) is 30.6 Å². The number of hydrogen-bond donors (Lipinski definition) is 1. The predicted molar refractivity (Wildman–Crippen MR) is 66.3 cm³/mol. The number of nitrogens with zero attached hydrogens (tertiary/aromatic N) is 2. The fourth-order valence-electron chi connectivity index (χ4n) is 1.46. The van der Waals surface area contributed by atoms with Crippen LogP contribution >= 0.6 is 0 Å². The largest absolute Gasteiger partial charge is 0.375 e. The third-order valence-corrected chi connectivity index (χ3v) is 2.34. The summed E-state index contributed by atoms with van der Waals surface area (Å²) < 4.78 is 33.4. The van der Waals surface area contributed by atoms with Gasteiger partial charge in [0.15, 0.2) is 5.82 Å². The molecule has 1 heterocycles. The molecule has 0 atom stereocenters. The summed E-state index contributed by atoms with van der Waals surface area (Å²) in [5.74, 6) is 1.08. The van der Waals surface area contributed by atoms with Gasteiger partial charge in [-0.25, -0.2) is 8.78 Å². The minimum Gasteiger partial charge on any atom is -0.375 e. The fourth-order valence-corrected chi connectivity index (χ4v) is 1.46. The SMILES string of the molecule is CC(C)NCCCc1nc(CCOCC(F)F)no1. The minimum atomic E-state index is -2.44. The van der Waals surface area contributed by atoms with Gasteiger partial charge in [0.05, 0.1) is 6.61 Å². The highest BCUT2D eigenvalue weighted by molar-refractivity contribution is 4.86. The molecule has 0 aliphatic rings. The highest BCUT2D eigenvalue weighted by atomic mass is 19.3. The molecule has 0 spiro atoms. The van der Waals surface area contributed by atoms with Crippen molar-refractivity contribution >= 4 is 0 Å². The van der Waals surface area contributed by atoms with E-state index in [9.17, 15) is 8.78 Å². The van der Waals surface area contributed by atoms with Gasteiger partial charge >= 0.3 is 0 Å². The van der Waals surface area contributed by atoms with Gasteiger partial charge < -0.3 is 14.6 Å². The third-order valence-electron chi connectivity index (χ3n) is 2.34. The molecule has 1 rings (SSSR count). The molecule has 1 aromatic heterocycles. The van der Waals surface area contributed by atoms with Gasteiger partial charge in [-0.1, -0.05) is 19.0 Å². The number of aryl methyl sites for hydroxylation is 1. The first kappa shape index (κ1) is 16.0. The van der Waals surface area contributed by atoms with Gasteiger partial charge in [0.25, 0.3) is 6.43 Å². The molecule has 0 amide bonds. The van der Waals surface area contributed by atoms with Gasteiger partial charge in [0, 0.05) is 18.9 Å². The second kappa shape index (κ2) is 8.92. The number of nitrogens with one attached hydrogen (secondary N) is 1. The van der Waals surface area contributed by atoms with E-state index in [-0.39, 0.29) is 6.61 Å². The summed E-state index contributed by atoms with van der Waals surface area (Å²) >= 11 is 0. The van der Waals surface area contributed by atoms with E-state index >= 15 is 0 Å². The molecule has 0 saturated heterocycles. The topological polar surface area (TPSA) is 60.2 Å². The first-order valence-corrected chi connectivity index (χ1v) is 6.48. The van der Waals surface area contributed by atoms with E-state index in [1.54, 1.807) is 0 Å². The Balaban J connectivity index is 2.14. The lowest BCUT2D eigenvalue weighted by Gasteiger charge is -2.05. The van der Waals surface area contributed by atoms with Crippen molar-refractivity contribution in [2.24, 2.45) is 0 Å². The predicted octanol–water partition coefficient (Wildman–Crippen LogP) is 1.82. The van der Waals surface area contributed by atoms with Crippen molar-refractivity contribution in [1.29, 1.82) is 0 Å². The zero-order chi connectivity index (χ0) is 14.1. The summed E-state index contributed by atoms with van der Waals surface area (Å²) in [6, 6.07) is 0.463. The van der Waals surface area contributed by atoms with Crippen molar-refractivity contribution in [2.45, 2.75) is 45.6 Å². The van der Waals surface area contributed by atoms with E-state index in [4.69, 9.17) is 9.26 Å². The molecule has 19 heavy (non-hydrogen) atoms. The lowest BCUT2D eigenvalue weighted by Crippen LogP contribution is -2.23. The van der Waals surface area contributed by atoms with Crippen molar-refractivity contribution in [3.8, 4) is 0 Å². The van der Waals surface area contributed by atoms with Crippen LogP contribution in [0.2, 0.25) is 0 Å². The summed E-state index contributed by atoms with van der Waals surface area (Å²) in [5.41, 5.74) is 0. The monoisotopic (exact) mass is 277 g/mol. The highest BCUT2D eigenvalue weighted by Gasteiger charge is 2.07. The Morgan fingerprint density at radius 3 is 2.79 bits per heavy atom. The molecular weight excluding hydrogens is 256 g/mol. The smallest absolute Gasteiger partial charge is 0.261 e. The molecule has 0 saturated carbocycles. The van der Waals surface area contributed by atoms with Crippen molar-refractivity contribution in [2.75, 3.05) is 19.8 Å². The normalized spacial score (nSPS) is 11.7. The first-order valence-electron chi connectivity index (χ1n) is 6.48. The fraction of sp³-hybridized carbons (Fsp3) is 0.833. The molecule has 0 radical (unpaired) electrons. The lowest BCUT2D eigenvalue weighted by molar-refractivity contribution is 0.0182. The standard InChI is InChI=1S/C12H21F2N3O2/c1-9(2)15-6-3-4-12-16-11(17-19-12)5-7-18-8-10(13)14/h9-10,15H,3-8H2,1-2H3. The third kappa shape index (κ3) is 7.84. The summed E-state index contributed by atoms with van der Waals surface area (Å²) in [7, 11) is 0. The van der Waals surface area contributed by atoms with Crippen molar-refractivity contribution in [3.63, 3.8) is 0 Å². The van der Waals surface area contributed by atoms with Gasteiger partial charge in [-0.05, 0) is 13.0 Å². The summed E-state index contributed by atoms with van der Waals surface area (Å²) in [6.07, 6.45) is -0.415. The Bertz CT molecular complexity index is 315. The minimum absolute atomic E-state index is 0.179. The molecule has 7 heteroatoms. The van der Waals surface area contributed by atoms with E-state index in [1.807, 2.05) is 0 Å². The molecule has 0 fully saturated rings. The molecule has 1 N–H and O–H groups in total. The number of alkyl halides is 2. The molecule has 5 nitrogen and oxygen atoms in total. The van der Waals surface area contributed by atoms with Gasteiger partial charge in [0.2, 0.25) is 5.89 Å². The zero-order valence-corrected chi connectivity index (χ0v) is 11.4. The van der Waals surface area contributed by atoms with Crippen LogP contribution in [0, 0.1) is 0 Å². The van der Waals surface area contributed by atoms with Crippen LogP contribution in [0.4, 0.5) is 8.78 Å². The second-order valence-corrected chi connectivity index (χ2v) is 4.53. The zero-order valence-electron chi connectivity index (χ0n) is 11.4. The van der Waals surface area contributed by atoms with Crippen LogP contribution in [0.15, 0.2) is 4.52 Å². The van der Waals surface area contributed by atoms with E-state index in [2.05, 4.69) is 29.3 Å². The van der Waals surface area contributed by atoms with Crippen LogP contribution in [-0.4, -0.2) is 42.4 Å². The number of halogens is 2. The van der Waals surface area contributed by atoms with Crippen LogP contribution in [0.3, 0.4) is 0 Å². The molecule has 0 aliphatic heterocycles.